The van der Waals surface area contributed by atoms with Gasteiger partial charge >= 0.3 is 0 Å². The van der Waals surface area contributed by atoms with Gasteiger partial charge in [0.25, 0.3) is 0 Å². The third-order valence-electron chi connectivity index (χ3n) is 3.75. The van der Waals surface area contributed by atoms with Gasteiger partial charge < -0.3 is 0 Å². The normalized spacial score (nSPS) is 18.0. The molecule has 3 rings (SSSR count). The van der Waals surface area contributed by atoms with Gasteiger partial charge in [0, 0.05) is 4.91 Å². The van der Waals surface area contributed by atoms with Crippen LogP contribution in [0.2, 0.25) is 0 Å². The van der Waals surface area contributed by atoms with E-state index in [0.29, 0.717) is 9.77 Å². The number of aryl methyl sites for hydroxylation is 1. The van der Waals surface area contributed by atoms with Crippen LogP contribution in [-0.4, -0.2) is 4.86 Å². The molecule has 0 saturated heterocycles. The summed E-state index contributed by atoms with van der Waals surface area (Å²) in [6.07, 6.45) is 3.73. The Kier molecular flexibility index (Phi) is 5.24. The zero-order valence-corrected chi connectivity index (χ0v) is 15.3. The van der Waals surface area contributed by atoms with E-state index in [-0.39, 0.29) is 0 Å². The van der Waals surface area contributed by atoms with Crippen molar-refractivity contribution in [3.8, 4) is 0 Å². The van der Waals surface area contributed by atoms with Crippen molar-refractivity contribution in [2.24, 2.45) is 0 Å². The summed E-state index contributed by atoms with van der Waals surface area (Å²) < 4.78 is 38.7. The van der Waals surface area contributed by atoms with Gasteiger partial charge in [-0.25, -0.2) is 0 Å². The zero-order valence-electron chi connectivity index (χ0n) is 13.8. The lowest BCUT2D eigenvalue weighted by Gasteiger charge is -2.22. The van der Waals surface area contributed by atoms with Crippen molar-refractivity contribution in [1.29, 1.82) is 0 Å². The highest BCUT2D eigenvalue weighted by Gasteiger charge is 2.30. The molecule has 2 aromatic rings. The van der Waals surface area contributed by atoms with Crippen molar-refractivity contribution < 1.29 is 28.0 Å². The van der Waals surface area contributed by atoms with Crippen LogP contribution in [0.25, 0.3) is 5.57 Å². The van der Waals surface area contributed by atoms with Crippen LogP contribution >= 0.6 is 10.8 Å². The lowest BCUT2D eigenvalue weighted by atomic mass is 9.96. The molecular formula is C19H17ClO4S. The van der Waals surface area contributed by atoms with Gasteiger partial charge in [-0.1, -0.05) is 66.2 Å². The second-order valence-corrected chi connectivity index (χ2v) is 8.48. The summed E-state index contributed by atoms with van der Waals surface area (Å²) in [4.78, 5) is 1.38. The molecule has 0 amide bonds. The minimum atomic E-state index is -4.54. The molecule has 1 atom stereocenters. The number of hydrogen-bond acceptors (Lipinski definition) is 4. The number of rotatable bonds is 4. The Bertz CT molecular complexity index is 863. The van der Waals surface area contributed by atoms with Gasteiger partial charge in [0.1, 0.15) is 14.5 Å². The minimum Gasteiger partial charge on any atom is -0.182 e. The molecule has 0 aromatic heterocycles. The fourth-order valence-electron chi connectivity index (χ4n) is 2.57. The van der Waals surface area contributed by atoms with Crippen LogP contribution in [0.4, 0.5) is 0 Å². The SMILES string of the molecule is CC1=CC=C(c2ccccc2)C(c2ccc(C)cc2)=S1O[Cl+3]([O-])([O-])[O-]. The molecule has 1 aliphatic heterocycles. The number of hydrogen-bond donors (Lipinski definition) is 0. The molecule has 0 aliphatic carbocycles. The number of allylic oxidation sites excluding steroid dienone is 4. The average molecular weight is 377 g/mol. The van der Waals surface area contributed by atoms with Crippen LogP contribution in [-0.2, 0) is 3.74 Å². The molecule has 1 heterocycles. The van der Waals surface area contributed by atoms with E-state index in [0.717, 1.165) is 22.3 Å². The van der Waals surface area contributed by atoms with Gasteiger partial charge in [-0.15, -0.1) is 0 Å². The number of halogens is 1. The van der Waals surface area contributed by atoms with Crippen LogP contribution in [0.3, 0.4) is 0 Å². The summed E-state index contributed by atoms with van der Waals surface area (Å²) in [6, 6.07) is 17.4. The molecule has 1 aliphatic rings. The van der Waals surface area contributed by atoms with Gasteiger partial charge in [-0.2, -0.15) is 14.0 Å². The summed E-state index contributed by atoms with van der Waals surface area (Å²) in [7, 11) is -5.83. The average Bonchev–Trinajstić information content (AvgIpc) is 2.57. The van der Waals surface area contributed by atoms with Gasteiger partial charge in [-0.05, 0) is 36.6 Å². The second-order valence-electron chi connectivity index (χ2n) is 5.63. The first-order valence-corrected chi connectivity index (χ1v) is 9.97. The van der Waals surface area contributed by atoms with E-state index < -0.39 is 21.0 Å². The predicted octanol–water partition coefficient (Wildman–Crippen LogP) is 1.61. The highest BCUT2D eigenvalue weighted by molar-refractivity contribution is 8.16. The standard InChI is InChI=1S/C19H17ClO4S/c1-14-8-11-17(12-9-14)19-18(16-6-4-3-5-7-16)13-10-15(2)25(19)24-20(21,22)23/h3-13H,1-2H3. The van der Waals surface area contributed by atoms with Crippen LogP contribution in [0.1, 0.15) is 23.6 Å². The van der Waals surface area contributed by atoms with Gasteiger partial charge in [0.2, 0.25) is 0 Å². The summed E-state index contributed by atoms with van der Waals surface area (Å²) in [6.45, 7) is 3.74. The Morgan fingerprint density at radius 1 is 0.800 bits per heavy atom. The third kappa shape index (κ3) is 4.27. The van der Waals surface area contributed by atoms with E-state index in [1.165, 1.54) is 0 Å². The molecular weight excluding hydrogens is 360 g/mol. The van der Waals surface area contributed by atoms with Gasteiger partial charge in [-0.3, -0.25) is 0 Å². The van der Waals surface area contributed by atoms with Crippen molar-refractivity contribution in [3.63, 3.8) is 0 Å². The smallest absolute Gasteiger partial charge is 0.143 e. The summed E-state index contributed by atoms with van der Waals surface area (Å²) in [5.41, 5.74) is 3.70. The molecule has 1 unspecified atom stereocenters. The fraction of sp³-hybridized carbons (Fsp3) is 0.105. The summed E-state index contributed by atoms with van der Waals surface area (Å²) in [5.74, 6) is 0. The maximum Gasteiger partial charge on any atom is 0.143 e. The molecule has 6 heteroatoms. The maximum atomic E-state index is 11.3. The van der Waals surface area contributed by atoms with Crippen molar-refractivity contribution >= 4 is 21.2 Å². The predicted molar refractivity (Wildman–Crippen MR) is 92.1 cm³/mol. The highest BCUT2D eigenvalue weighted by Crippen LogP contribution is 2.40. The van der Waals surface area contributed by atoms with Crippen LogP contribution in [0.15, 0.2) is 71.7 Å². The van der Waals surface area contributed by atoms with Crippen molar-refractivity contribution in [1.82, 2.24) is 0 Å². The van der Waals surface area contributed by atoms with Crippen LogP contribution in [0, 0.1) is 17.2 Å². The van der Waals surface area contributed by atoms with E-state index in [1.54, 1.807) is 13.0 Å². The van der Waals surface area contributed by atoms with Crippen LogP contribution in [0.5, 0.6) is 0 Å². The largest absolute Gasteiger partial charge is 0.182 e. The van der Waals surface area contributed by atoms with E-state index in [2.05, 4.69) is 0 Å². The summed E-state index contributed by atoms with van der Waals surface area (Å²) >= 11 is 0. The molecule has 0 saturated carbocycles. The summed E-state index contributed by atoms with van der Waals surface area (Å²) in [5, 5.41) is 0. The van der Waals surface area contributed by atoms with E-state index in [9.17, 15) is 14.0 Å². The van der Waals surface area contributed by atoms with Crippen LogP contribution < -0.4 is 14.0 Å². The van der Waals surface area contributed by atoms with Crippen molar-refractivity contribution in [2.75, 3.05) is 0 Å². The third-order valence-corrected chi connectivity index (χ3v) is 6.41. The Morgan fingerprint density at radius 2 is 1.44 bits per heavy atom. The molecule has 0 fully saturated rings. The molecule has 0 N–H and O–H groups in total. The molecule has 0 spiro atoms. The van der Waals surface area contributed by atoms with Gasteiger partial charge in [0.05, 0.1) is 15.1 Å². The fourth-order valence-corrected chi connectivity index (χ4v) is 5.09. The highest BCUT2D eigenvalue weighted by atomic mass is 35.7. The van der Waals surface area contributed by atoms with Crippen molar-refractivity contribution in [2.45, 2.75) is 13.8 Å². The quantitative estimate of drug-likeness (QED) is 0.759. The Morgan fingerprint density at radius 3 is 2.04 bits per heavy atom. The molecule has 25 heavy (non-hydrogen) atoms. The minimum absolute atomic E-state index is 0.683. The zero-order chi connectivity index (χ0) is 18.0. The molecule has 0 radical (unpaired) electrons. The first-order chi connectivity index (χ1) is 11.8. The van der Waals surface area contributed by atoms with E-state index in [1.807, 2.05) is 67.6 Å². The molecule has 2 aromatic carbocycles. The molecule has 130 valence electrons. The lowest BCUT2D eigenvalue weighted by Crippen LogP contribution is -2.60. The monoisotopic (exact) mass is 376 g/mol. The molecule has 4 nitrogen and oxygen atoms in total. The Hall–Kier alpha value is -1.73. The van der Waals surface area contributed by atoms with Crippen molar-refractivity contribution in [3.05, 3.63) is 88.3 Å². The van der Waals surface area contributed by atoms with E-state index >= 15 is 0 Å². The first-order valence-electron chi connectivity index (χ1n) is 7.58. The molecule has 0 bridgehead atoms. The first kappa shape index (κ1) is 18.1. The number of benzene rings is 2. The Labute approximate surface area is 151 Å². The maximum absolute atomic E-state index is 11.3. The van der Waals surface area contributed by atoms with E-state index in [4.69, 9.17) is 3.74 Å². The van der Waals surface area contributed by atoms with Gasteiger partial charge in [0.15, 0.2) is 0 Å². The second kappa shape index (κ2) is 7.25. The topological polar surface area (TPSA) is 78.4 Å². The lowest BCUT2D eigenvalue weighted by molar-refractivity contribution is -1.91. The Balaban J connectivity index is 2.23.